The SMILES string of the molecule is CC/C=C1\CC2(CO[Si](C)(C)C(C)(C)C)CC=CC1C2. The van der Waals surface area contributed by atoms with Crippen molar-refractivity contribution >= 4 is 8.32 Å². The second-order valence-electron chi connectivity index (χ2n) is 8.36. The molecule has 0 radical (unpaired) electrons. The maximum absolute atomic E-state index is 6.56. The Morgan fingerprint density at radius 3 is 2.70 bits per heavy atom. The monoisotopic (exact) mass is 292 g/mol. The van der Waals surface area contributed by atoms with E-state index in [1.807, 2.05) is 0 Å². The zero-order valence-corrected chi connectivity index (χ0v) is 15.3. The summed E-state index contributed by atoms with van der Waals surface area (Å²) in [5.74, 6) is 0.701. The largest absolute Gasteiger partial charge is 0.416 e. The summed E-state index contributed by atoms with van der Waals surface area (Å²) in [7, 11) is -1.62. The van der Waals surface area contributed by atoms with Gasteiger partial charge >= 0.3 is 0 Å². The molecule has 0 aliphatic heterocycles. The summed E-state index contributed by atoms with van der Waals surface area (Å²) in [6.45, 7) is 14.9. The Labute approximate surface area is 126 Å². The molecule has 2 rings (SSSR count). The summed E-state index contributed by atoms with van der Waals surface area (Å²) < 4.78 is 6.56. The standard InChI is InChI=1S/C18H32OSi/c1-7-9-15-12-18(11-8-10-16(15)13-18)14-19-20(5,6)17(2,3)4/h8-10,16H,7,11-14H2,1-6H3/b15-9+. The van der Waals surface area contributed by atoms with Crippen molar-refractivity contribution in [2.75, 3.05) is 6.61 Å². The number of hydrogen-bond acceptors (Lipinski definition) is 1. The van der Waals surface area contributed by atoms with E-state index in [4.69, 9.17) is 4.43 Å². The van der Waals surface area contributed by atoms with Crippen LogP contribution in [0, 0.1) is 11.3 Å². The summed E-state index contributed by atoms with van der Waals surface area (Å²) in [5.41, 5.74) is 2.07. The van der Waals surface area contributed by atoms with Crippen LogP contribution in [0.5, 0.6) is 0 Å². The lowest BCUT2D eigenvalue weighted by atomic mass is 9.80. The lowest BCUT2D eigenvalue weighted by molar-refractivity contribution is 0.134. The van der Waals surface area contributed by atoms with E-state index in [9.17, 15) is 0 Å². The first-order valence-corrected chi connectivity index (χ1v) is 11.1. The zero-order valence-electron chi connectivity index (χ0n) is 14.3. The van der Waals surface area contributed by atoms with E-state index in [2.05, 4.69) is 59.0 Å². The minimum absolute atomic E-state index is 0.314. The first-order chi connectivity index (χ1) is 9.19. The van der Waals surface area contributed by atoms with Gasteiger partial charge in [0.2, 0.25) is 0 Å². The van der Waals surface area contributed by atoms with Crippen molar-refractivity contribution in [3.8, 4) is 0 Å². The number of hydrogen-bond donors (Lipinski definition) is 0. The van der Waals surface area contributed by atoms with Gasteiger partial charge < -0.3 is 4.43 Å². The fourth-order valence-electron chi connectivity index (χ4n) is 3.27. The molecule has 0 saturated heterocycles. The van der Waals surface area contributed by atoms with Crippen LogP contribution in [0.2, 0.25) is 18.1 Å². The number of fused-ring (bicyclic) bond motifs is 2. The van der Waals surface area contributed by atoms with Crippen LogP contribution in [0.4, 0.5) is 0 Å². The first kappa shape index (κ1) is 16.0. The van der Waals surface area contributed by atoms with E-state index < -0.39 is 8.32 Å². The van der Waals surface area contributed by atoms with Crippen LogP contribution in [0.15, 0.2) is 23.8 Å². The van der Waals surface area contributed by atoms with Crippen molar-refractivity contribution < 1.29 is 4.43 Å². The maximum Gasteiger partial charge on any atom is 0.192 e. The van der Waals surface area contributed by atoms with Crippen molar-refractivity contribution in [3.63, 3.8) is 0 Å². The normalized spacial score (nSPS) is 32.1. The van der Waals surface area contributed by atoms with Gasteiger partial charge in [-0.1, -0.05) is 51.5 Å². The molecule has 1 fully saturated rings. The van der Waals surface area contributed by atoms with Gasteiger partial charge in [0.05, 0.1) is 0 Å². The molecule has 2 unspecified atom stereocenters. The Balaban J connectivity index is 2.07. The maximum atomic E-state index is 6.56. The lowest BCUT2D eigenvalue weighted by Crippen LogP contribution is -2.43. The highest BCUT2D eigenvalue weighted by molar-refractivity contribution is 6.74. The van der Waals surface area contributed by atoms with Crippen LogP contribution in [-0.2, 0) is 4.43 Å². The van der Waals surface area contributed by atoms with Crippen molar-refractivity contribution in [1.82, 2.24) is 0 Å². The van der Waals surface area contributed by atoms with E-state index in [1.54, 1.807) is 5.57 Å². The van der Waals surface area contributed by atoms with Crippen molar-refractivity contribution in [1.29, 1.82) is 0 Å². The van der Waals surface area contributed by atoms with Crippen LogP contribution in [0.3, 0.4) is 0 Å². The second-order valence-corrected chi connectivity index (χ2v) is 13.2. The summed E-state index contributed by atoms with van der Waals surface area (Å²) in [4.78, 5) is 0. The van der Waals surface area contributed by atoms with Gasteiger partial charge in [0.15, 0.2) is 8.32 Å². The number of allylic oxidation sites excluding steroid dienone is 4. The van der Waals surface area contributed by atoms with Gasteiger partial charge in [-0.15, -0.1) is 0 Å². The fraction of sp³-hybridized carbons (Fsp3) is 0.778. The quantitative estimate of drug-likeness (QED) is 0.477. The molecule has 114 valence electrons. The zero-order chi connectivity index (χ0) is 15.0. The molecule has 2 heteroatoms. The van der Waals surface area contributed by atoms with Gasteiger partial charge in [-0.25, -0.2) is 0 Å². The predicted molar refractivity (Wildman–Crippen MR) is 90.4 cm³/mol. The van der Waals surface area contributed by atoms with E-state index in [1.165, 1.54) is 25.7 Å². The molecule has 2 aliphatic carbocycles. The Bertz CT molecular complexity index is 414. The highest BCUT2D eigenvalue weighted by atomic mass is 28.4. The third-order valence-corrected chi connectivity index (χ3v) is 10.1. The van der Waals surface area contributed by atoms with Crippen LogP contribution >= 0.6 is 0 Å². The van der Waals surface area contributed by atoms with Gasteiger partial charge in [-0.05, 0) is 49.7 Å². The summed E-state index contributed by atoms with van der Waals surface area (Å²) in [6, 6.07) is 0. The molecule has 2 aliphatic rings. The molecular weight excluding hydrogens is 260 g/mol. The Morgan fingerprint density at radius 2 is 2.10 bits per heavy atom. The molecule has 1 saturated carbocycles. The van der Waals surface area contributed by atoms with E-state index in [0.717, 1.165) is 6.61 Å². The molecule has 2 atom stereocenters. The van der Waals surface area contributed by atoms with E-state index >= 15 is 0 Å². The van der Waals surface area contributed by atoms with Crippen LogP contribution in [-0.4, -0.2) is 14.9 Å². The van der Waals surface area contributed by atoms with E-state index in [0.29, 0.717) is 16.4 Å². The third kappa shape index (κ3) is 3.12. The van der Waals surface area contributed by atoms with Crippen molar-refractivity contribution in [2.24, 2.45) is 11.3 Å². The molecule has 0 aromatic rings. The minimum atomic E-state index is -1.62. The molecule has 2 bridgehead atoms. The average molecular weight is 293 g/mol. The highest BCUT2D eigenvalue weighted by Gasteiger charge is 2.45. The Hall–Kier alpha value is -0.343. The lowest BCUT2D eigenvalue weighted by Gasteiger charge is -2.40. The summed E-state index contributed by atoms with van der Waals surface area (Å²) >= 11 is 0. The highest BCUT2D eigenvalue weighted by Crippen LogP contribution is 2.52. The molecule has 0 amide bonds. The van der Waals surface area contributed by atoms with Gasteiger partial charge in [0.1, 0.15) is 0 Å². The second kappa shape index (κ2) is 5.45. The number of rotatable bonds is 4. The third-order valence-electron chi connectivity index (χ3n) is 5.64. The van der Waals surface area contributed by atoms with Crippen molar-refractivity contribution in [3.05, 3.63) is 23.8 Å². The van der Waals surface area contributed by atoms with E-state index in [-0.39, 0.29) is 0 Å². The van der Waals surface area contributed by atoms with Crippen LogP contribution in [0.1, 0.15) is 53.4 Å². The van der Waals surface area contributed by atoms with Gasteiger partial charge in [-0.2, -0.15) is 0 Å². The average Bonchev–Trinajstić information content (AvgIpc) is 2.58. The summed E-state index contributed by atoms with van der Waals surface area (Å²) in [5, 5.41) is 0.314. The molecule has 0 heterocycles. The molecule has 0 aromatic carbocycles. The molecule has 1 nitrogen and oxygen atoms in total. The van der Waals surface area contributed by atoms with Gasteiger partial charge in [0, 0.05) is 12.0 Å². The van der Waals surface area contributed by atoms with Gasteiger partial charge in [0.25, 0.3) is 0 Å². The van der Waals surface area contributed by atoms with Crippen molar-refractivity contribution in [2.45, 2.75) is 71.5 Å². The minimum Gasteiger partial charge on any atom is -0.416 e. The molecule has 0 spiro atoms. The Morgan fingerprint density at radius 1 is 1.40 bits per heavy atom. The molecule has 20 heavy (non-hydrogen) atoms. The topological polar surface area (TPSA) is 9.23 Å². The molecule has 0 aromatic heterocycles. The Kier molecular flexibility index (Phi) is 4.37. The molecule has 0 N–H and O–H groups in total. The molecular formula is C18H32OSi. The van der Waals surface area contributed by atoms with Crippen LogP contribution < -0.4 is 0 Å². The van der Waals surface area contributed by atoms with Crippen LogP contribution in [0.25, 0.3) is 0 Å². The predicted octanol–water partition coefficient (Wildman–Crippen LogP) is 5.70. The smallest absolute Gasteiger partial charge is 0.192 e. The first-order valence-electron chi connectivity index (χ1n) is 8.19. The summed E-state index contributed by atoms with van der Waals surface area (Å²) in [6.07, 6.45) is 12.2. The fourth-order valence-corrected chi connectivity index (χ4v) is 4.37. The van der Waals surface area contributed by atoms with Gasteiger partial charge in [-0.3, -0.25) is 0 Å².